The van der Waals surface area contributed by atoms with Gasteiger partial charge in [0.25, 0.3) is 0 Å². The Balaban J connectivity index is 1.94. The number of hydrogen-bond donors (Lipinski definition) is 0. The average Bonchev–Trinajstić information content (AvgIpc) is 2.63. The Hall–Kier alpha value is -1.23. The number of aromatic nitrogens is 1. The molecular formula is C11H16N2. The zero-order valence-electron chi connectivity index (χ0n) is 7.95. The van der Waals surface area contributed by atoms with Crippen molar-refractivity contribution in [3.05, 3.63) is 24.5 Å². The van der Waals surface area contributed by atoms with Crippen LogP contribution in [0.2, 0.25) is 0 Å². The van der Waals surface area contributed by atoms with Gasteiger partial charge in [0.1, 0.15) is 0 Å². The molecule has 0 unspecified atom stereocenters. The molecule has 2 nitrogen and oxygen atoms in total. The van der Waals surface area contributed by atoms with E-state index in [4.69, 9.17) is 5.26 Å². The lowest BCUT2D eigenvalue weighted by Gasteiger charge is -2.01. The standard InChI is InChI=1S/C11H16N2/c12-8-4-2-1-3-5-9-13-10-6-7-11-13/h6-7,10-11H,1-5,9H2. The highest BCUT2D eigenvalue weighted by molar-refractivity contribution is 4.89. The van der Waals surface area contributed by atoms with E-state index in [2.05, 4.69) is 35.2 Å². The molecule has 0 amide bonds. The molecule has 1 heterocycles. The van der Waals surface area contributed by atoms with Crippen LogP contribution in [0.15, 0.2) is 24.5 Å². The normalized spacial score (nSPS) is 9.77. The summed E-state index contributed by atoms with van der Waals surface area (Å²) < 4.78 is 2.20. The SMILES string of the molecule is N#CCCCCCCn1cccc1. The van der Waals surface area contributed by atoms with E-state index in [0.29, 0.717) is 6.42 Å². The van der Waals surface area contributed by atoms with Crippen molar-refractivity contribution in [1.82, 2.24) is 4.57 Å². The number of rotatable bonds is 6. The van der Waals surface area contributed by atoms with E-state index in [-0.39, 0.29) is 0 Å². The van der Waals surface area contributed by atoms with Crippen molar-refractivity contribution in [2.24, 2.45) is 0 Å². The molecule has 0 bridgehead atoms. The van der Waals surface area contributed by atoms with Crippen LogP contribution in [0, 0.1) is 11.3 Å². The van der Waals surface area contributed by atoms with E-state index in [1.54, 1.807) is 0 Å². The van der Waals surface area contributed by atoms with Crippen LogP contribution in [0.25, 0.3) is 0 Å². The van der Waals surface area contributed by atoms with Crippen LogP contribution >= 0.6 is 0 Å². The maximum atomic E-state index is 8.32. The Morgan fingerprint density at radius 1 is 1.00 bits per heavy atom. The van der Waals surface area contributed by atoms with Crippen LogP contribution < -0.4 is 0 Å². The summed E-state index contributed by atoms with van der Waals surface area (Å²) in [4.78, 5) is 0. The van der Waals surface area contributed by atoms with Gasteiger partial charge in [0.2, 0.25) is 0 Å². The third-order valence-corrected chi connectivity index (χ3v) is 2.12. The van der Waals surface area contributed by atoms with Crippen molar-refractivity contribution >= 4 is 0 Å². The van der Waals surface area contributed by atoms with E-state index in [0.717, 1.165) is 13.0 Å². The maximum absolute atomic E-state index is 8.32. The van der Waals surface area contributed by atoms with E-state index in [1.165, 1.54) is 19.3 Å². The van der Waals surface area contributed by atoms with Crippen LogP contribution in [-0.4, -0.2) is 4.57 Å². The monoisotopic (exact) mass is 176 g/mol. The number of hydrogen-bond acceptors (Lipinski definition) is 1. The summed E-state index contributed by atoms with van der Waals surface area (Å²) in [6.45, 7) is 1.11. The van der Waals surface area contributed by atoms with Gasteiger partial charge in [-0.2, -0.15) is 5.26 Å². The van der Waals surface area contributed by atoms with Gasteiger partial charge in [-0.3, -0.25) is 0 Å². The molecule has 0 aliphatic carbocycles. The number of unbranched alkanes of at least 4 members (excludes halogenated alkanes) is 4. The molecule has 0 aliphatic rings. The minimum atomic E-state index is 0.712. The summed E-state index contributed by atoms with van der Waals surface area (Å²) in [6, 6.07) is 6.27. The smallest absolute Gasteiger partial charge is 0.0621 e. The summed E-state index contributed by atoms with van der Waals surface area (Å²) in [5.41, 5.74) is 0. The molecule has 0 saturated heterocycles. The highest BCUT2D eigenvalue weighted by Gasteiger charge is 1.90. The molecule has 2 heteroatoms. The summed E-state index contributed by atoms with van der Waals surface area (Å²) in [6.07, 6.45) is 9.60. The van der Waals surface area contributed by atoms with Gasteiger partial charge in [-0.25, -0.2) is 0 Å². The van der Waals surface area contributed by atoms with Crippen LogP contribution in [0.3, 0.4) is 0 Å². The van der Waals surface area contributed by atoms with Crippen molar-refractivity contribution in [3.8, 4) is 6.07 Å². The van der Waals surface area contributed by atoms with Gasteiger partial charge >= 0.3 is 0 Å². The third kappa shape index (κ3) is 4.37. The van der Waals surface area contributed by atoms with Gasteiger partial charge in [0.05, 0.1) is 6.07 Å². The van der Waals surface area contributed by atoms with E-state index in [1.807, 2.05) is 0 Å². The lowest BCUT2D eigenvalue weighted by atomic mass is 10.1. The third-order valence-electron chi connectivity index (χ3n) is 2.12. The molecule has 0 atom stereocenters. The van der Waals surface area contributed by atoms with Crippen LogP contribution in [0.1, 0.15) is 32.1 Å². The first kappa shape index (κ1) is 9.85. The number of aryl methyl sites for hydroxylation is 1. The van der Waals surface area contributed by atoms with Gasteiger partial charge in [0, 0.05) is 25.4 Å². The molecular weight excluding hydrogens is 160 g/mol. The largest absolute Gasteiger partial charge is 0.354 e. The topological polar surface area (TPSA) is 28.7 Å². The fraction of sp³-hybridized carbons (Fsp3) is 0.545. The Kier molecular flexibility index (Phi) is 4.78. The Bertz CT molecular complexity index is 244. The molecule has 0 saturated carbocycles. The summed E-state index contributed by atoms with van der Waals surface area (Å²) >= 11 is 0. The fourth-order valence-corrected chi connectivity index (χ4v) is 1.37. The van der Waals surface area contributed by atoms with Gasteiger partial charge in [-0.1, -0.05) is 12.8 Å². The maximum Gasteiger partial charge on any atom is 0.0621 e. The molecule has 13 heavy (non-hydrogen) atoms. The Morgan fingerprint density at radius 2 is 1.69 bits per heavy atom. The molecule has 1 rings (SSSR count). The van der Waals surface area contributed by atoms with Gasteiger partial charge in [-0.05, 0) is 25.0 Å². The van der Waals surface area contributed by atoms with E-state index in [9.17, 15) is 0 Å². The summed E-state index contributed by atoms with van der Waals surface area (Å²) in [5.74, 6) is 0. The lowest BCUT2D eigenvalue weighted by Crippen LogP contribution is -1.93. The summed E-state index contributed by atoms with van der Waals surface area (Å²) in [7, 11) is 0. The first-order valence-corrected chi connectivity index (χ1v) is 4.91. The number of nitriles is 1. The highest BCUT2D eigenvalue weighted by atomic mass is 14.9. The van der Waals surface area contributed by atoms with E-state index >= 15 is 0 Å². The minimum absolute atomic E-state index is 0.712. The zero-order chi connectivity index (χ0) is 9.36. The first-order chi connectivity index (χ1) is 6.43. The van der Waals surface area contributed by atoms with Gasteiger partial charge in [0.15, 0.2) is 0 Å². The molecule has 1 aromatic heterocycles. The molecule has 0 spiro atoms. The second kappa shape index (κ2) is 6.30. The summed E-state index contributed by atoms with van der Waals surface area (Å²) in [5, 5.41) is 8.32. The molecule has 70 valence electrons. The van der Waals surface area contributed by atoms with Crippen molar-refractivity contribution in [1.29, 1.82) is 5.26 Å². The predicted molar refractivity (Wildman–Crippen MR) is 53.1 cm³/mol. The second-order valence-electron chi connectivity index (χ2n) is 3.24. The van der Waals surface area contributed by atoms with Gasteiger partial charge in [-0.15, -0.1) is 0 Å². The molecule has 0 radical (unpaired) electrons. The average molecular weight is 176 g/mol. The van der Waals surface area contributed by atoms with E-state index < -0.39 is 0 Å². The predicted octanol–water partition coefficient (Wildman–Crippen LogP) is 2.96. The van der Waals surface area contributed by atoms with Crippen LogP contribution in [0.5, 0.6) is 0 Å². The zero-order valence-corrected chi connectivity index (χ0v) is 7.95. The first-order valence-electron chi connectivity index (χ1n) is 4.91. The van der Waals surface area contributed by atoms with Crippen molar-refractivity contribution in [3.63, 3.8) is 0 Å². The number of nitrogens with zero attached hydrogens (tertiary/aromatic N) is 2. The van der Waals surface area contributed by atoms with Gasteiger partial charge < -0.3 is 4.57 Å². The molecule has 0 aliphatic heterocycles. The minimum Gasteiger partial charge on any atom is -0.354 e. The lowest BCUT2D eigenvalue weighted by molar-refractivity contribution is 0.577. The quantitative estimate of drug-likeness (QED) is 0.612. The highest BCUT2D eigenvalue weighted by Crippen LogP contribution is 2.04. The van der Waals surface area contributed by atoms with Crippen molar-refractivity contribution in [2.45, 2.75) is 38.6 Å². The van der Waals surface area contributed by atoms with Crippen LogP contribution in [-0.2, 0) is 6.54 Å². The Morgan fingerprint density at radius 3 is 2.38 bits per heavy atom. The Labute approximate surface area is 79.8 Å². The van der Waals surface area contributed by atoms with Crippen molar-refractivity contribution in [2.75, 3.05) is 0 Å². The molecule has 0 N–H and O–H groups in total. The molecule has 0 aromatic carbocycles. The van der Waals surface area contributed by atoms with Crippen LogP contribution in [0.4, 0.5) is 0 Å². The molecule has 0 fully saturated rings. The second-order valence-corrected chi connectivity index (χ2v) is 3.24. The van der Waals surface area contributed by atoms with Crippen molar-refractivity contribution < 1.29 is 0 Å². The molecule has 1 aromatic rings. The fourth-order valence-electron chi connectivity index (χ4n) is 1.37.